The second-order valence-corrected chi connectivity index (χ2v) is 6.07. The molecule has 1 aliphatic rings. The summed E-state index contributed by atoms with van der Waals surface area (Å²) in [5, 5.41) is 2.06. The number of carbonyl (C=O) groups is 2. The van der Waals surface area contributed by atoms with Crippen molar-refractivity contribution >= 4 is 22.6 Å². The fraction of sp³-hybridized carbons (Fsp3) is 0.368. The minimum absolute atomic E-state index is 0.105. The Morgan fingerprint density at radius 3 is 2.70 bits per heavy atom. The van der Waals surface area contributed by atoms with Crippen LogP contribution in [0.15, 0.2) is 42.5 Å². The molecule has 0 unspecified atom stereocenters. The number of hydrogen-bond donors (Lipinski definition) is 0. The molecule has 1 fully saturated rings. The second-order valence-electron chi connectivity index (χ2n) is 6.07. The van der Waals surface area contributed by atoms with Crippen LogP contribution in [0.3, 0.4) is 0 Å². The summed E-state index contributed by atoms with van der Waals surface area (Å²) >= 11 is 0. The normalized spacial score (nSPS) is 18.0. The number of rotatable bonds is 3. The topological polar surface area (TPSA) is 46.6 Å². The average molecular weight is 311 g/mol. The molecule has 0 spiro atoms. The quantitative estimate of drug-likeness (QED) is 0.816. The van der Waals surface area contributed by atoms with Crippen molar-refractivity contribution in [2.75, 3.05) is 13.2 Å². The van der Waals surface area contributed by atoms with Crippen LogP contribution in [0.1, 0.15) is 36.5 Å². The molecular weight excluding hydrogens is 290 g/mol. The van der Waals surface area contributed by atoms with Crippen molar-refractivity contribution in [2.45, 2.75) is 32.2 Å². The summed E-state index contributed by atoms with van der Waals surface area (Å²) in [4.78, 5) is 26.2. The van der Waals surface area contributed by atoms with E-state index in [1.165, 1.54) is 0 Å². The molecule has 2 aromatic carbocycles. The van der Waals surface area contributed by atoms with Gasteiger partial charge in [0.05, 0.1) is 5.56 Å². The highest BCUT2D eigenvalue weighted by atomic mass is 16.5. The Morgan fingerprint density at radius 2 is 1.91 bits per heavy atom. The van der Waals surface area contributed by atoms with Crippen molar-refractivity contribution < 1.29 is 14.3 Å². The van der Waals surface area contributed by atoms with Gasteiger partial charge >= 0.3 is 5.97 Å². The fourth-order valence-electron chi connectivity index (χ4n) is 3.08. The molecule has 1 heterocycles. The van der Waals surface area contributed by atoms with E-state index < -0.39 is 5.97 Å². The van der Waals surface area contributed by atoms with E-state index in [1.807, 2.05) is 42.2 Å². The van der Waals surface area contributed by atoms with Gasteiger partial charge in [-0.1, -0.05) is 30.3 Å². The highest BCUT2D eigenvalue weighted by Crippen LogP contribution is 2.18. The monoisotopic (exact) mass is 311 g/mol. The number of ether oxygens (including phenoxy) is 1. The summed E-state index contributed by atoms with van der Waals surface area (Å²) < 4.78 is 5.21. The number of amides is 1. The van der Waals surface area contributed by atoms with Crippen molar-refractivity contribution in [3.05, 3.63) is 48.0 Å². The fourth-order valence-corrected chi connectivity index (χ4v) is 3.08. The molecule has 0 bridgehead atoms. The molecular formula is C19H21NO3. The van der Waals surface area contributed by atoms with Gasteiger partial charge in [0.1, 0.15) is 0 Å². The van der Waals surface area contributed by atoms with Crippen LogP contribution in [0, 0.1) is 0 Å². The van der Waals surface area contributed by atoms with E-state index in [2.05, 4.69) is 0 Å². The molecule has 3 rings (SSSR count). The maximum absolute atomic E-state index is 12.2. The molecule has 23 heavy (non-hydrogen) atoms. The zero-order chi connectivity index (χ0) is 16.2. The summed E-state index contributed by atoms with van der Waals surface area (Å²) in [6.07, 6.45) is 3.20. The van der Waals surface area contributed by atoms with Gasteiger partial charge in [0.2, 0.25) is 0 Å². The van der Waals surface area contributed by atoms with Crippen LogP contribution >= 0.6 is 0 Å². The van der Waals surface area contributed by atoms with Crippen molar-refractivity contribution in [3.63, 3.8) is 0 Å². The van der Waals surface area contributed by atoms with Gasteiger partial charge < -0.3 is 9.64 Å². The predicted octanol–water partition coefficient (Wildman–Crippen LogP) is 3.40. The maximum Gasteiger partial charge on any atom is 0.338 e. The Morgan fingerprint density at radius 1 is 1.13 bits per heavy atom. The van der Waals surface area contributed by atoms with Crippen LogP contribution in [0.2, 0.25) is 0 Å². The van der Waals surface area contributed by atoms with Crippen molar-refractivity contribution in [1.82, 2.24) is 4.90 Å². The molecule has 0 radical (unpaired) electrons. The number of benzene rings is 2. The van der Waals surface area contributed by atoms with Crippen LogP contribution in [-0.2, 0) is 9.53 Å². The molecule has 120 valence electrons. The first-order valence-electron chi connectivity index (χ1n) is 8.10. The lowest BCUT2D eigenvalue weighted by Gasteiger charge is -2.33. The van der Waals surface area contributed by atoms with E-state index in [0.29, 0.717) is 5.56 Å². The zero-order valence-corrected chi connectivity index (χ0v) is 13.3. The van der Waals surface area contributed by atoms with Crippen LogP contribution in [0.4, 0.5) is 0 Å². The second kappa shape index (κ2) is 6.82. The number of carbonyl (C=O) groups excluding carboxylic acids is 2. The van der Waals surface area contributed by atoms with E-state index in [-0.39, 0.29) is 18.6 Å². The molecule has 0 saturated carbocycles. The van der Waals surface area contributed by atoms with Gasteiger partial charge in [-0.3, -0.25) is 4.79 Å². The van der Waals surface area contributed by atoms with Crippen LogP contribution in [0.25, 0.3) is 10.8 Å². The summed E-state index contributed by atoms with van der Waals surface area (Å²) in [6.45, 7) is 2.62. The molecule has 0 aromatic heterocycles. The Bertz CT molecular complexity index is 725. The molecule has 2 aromatic rings. The summed E-state index contributed by atoms with van der Waals surface area (Å²) in [7, 11) is 0. The number of likely N-dealkylation sites (tertiary alicyclic amines) is 1. The standard InChI is InChI=1S/C19H21NO3/c1-14-6-4-5-11-20(14)18(21)13-23-19(22)17-10-9-15-7-2-3-8-16(15)12-17/h2-3,7-10,12,14H,4-6,11,13H2,1H3/t14-/m1/s1. The lowest BCUT2D eigenvalue weighted by atomic mass is 10.0. The Labute approximate surface area is 136 Å². The molecule has 1 aliphatic heterocycles. The molecule has 0 N–H and O–H groups in total. The van der Waals surface area contributed by atoms with Crippen LogP contribution < -0.4 is 0 Å². The molecule has 1 atom stereocenters. The number of nitrogens with zero attached hydrogens (tertiary/aromatic N) is 1. The maximum atomic E-state index is 12.2. The van der Waals surface area contributed by atoms with Gasteiger partial charge in [0.25, 0.3) is 5.91 Å². The third-order valence-electron chi connectivity index (χ3n) is 4.44. The molecule has 4 heteroatoms. The van der Waals surface area contributed by atoms with Crippen LogP contribution in [-0.4, -0.2) is 36.0 Å². The van der Waals surface area contributed by atoms with E-state index >= 15 is 0 Å². The summed E-state index contributed by atoms with van der Waals surface area (Å²) in [5.74, 6) is -0.555. The Kier molecular flexibility index (Phi) is 4.60. The molecule has 1 amide bonds. The molecule has 1 saturated heterocycles. The Balaban J connectivity index is 1.62. The van der Waals surface area contributed by atoms with E-state index in [0.717, 1.165) is 36.6 Å². The summed E-state index contributed by atoms with van der Waals surface area (Å²) in [5.41, 5.74) is 0.475. The Hall–Kier alpha value is -2.36. The predicted molar refractivity (Wildman–Crippen MR) is 89.3 cm³/mol. The largest absolute Gasteiger partial charge is 0.452 e. The SMILES string of the molecule is C[C@@H]1CCCCN1C(=O)COC(=O)c1ccc2ccccc2c1. The summed E-state index contributed by atoms with van der Waals surface area (Å²) in [6, 6.07) is 13.5. The highest BCUT2D eigenvalue weighted by molar-refractivity contribution is 5.96. The zero-order valence-electron chi connectivity index (χ0n) is 13.3. The van der Waals surface area contributed by atoms with Crippen molar-refractivity contribution in [3.8, 4) is 0 Å². The van der Waals surface area contributed by atoms with Gasteiger partial charge in [-0.25, -0.2) is 4.79 Å². The van der Waals surface area contributed by atoms with Crippen molar-refractivity contribution in [1.29, 1.82) is 0 Å². The average Bonchev–Trinajstić information content (AvgIpc) is 2.59. The number of fused-ring (bicyclic) bond motifs is 1. The smallest absolute Gasteiger partial charge is 0.338 e. The number of piperidine rings is 1. The van der Waals surface area contributed by atoms with Gasteiger partial charge in [0.15, 0.2) is 6.61 Å². The number of esters is 1. The minimum Gasteiger partial charge on any atom is -0.452 e. The van der Waals surface area contributed by atoms with Gasteiger partial charge in [-0.2, -0.15) is 0 Å². The van der Waals surface area contributed by atoms with E-state index in [9.17, 15) is 9.59 Å². The third-order valence-corrected chi connectivity index (χ3v) is 4.44. The van der Waals surface area contributed by atoms with E-state index in [4.69, 9.17) is 4.74 Å². The third kappa shape index (κ3) is 3.52. The minimum atomic E-state index is -0.450. The lowest BCUT2D eigenvalue weighted by molar-refractivity contribution is -0.137. The van der Waals surface area contributed by atoms with E-state index in [1.54, 1.807) is 12.1 Å². The first-order valence-corrected chi connectivity index (χ1v) is 8.10. The van der Waals surface area contributed by atoms with Crippen LogP contribution in [0.5, 0.6) is 0 Å². The lowest BCUT2D eigenvalue weighted by Crippen LogP contribution is -2.44. The highest BCUT2D eigenvalue weighted by Gasteiger charge is 2.24. The first kappa shape index (κ1) is 15.5. The molecule has 0 aliphatic carbocycles. The number of hydrogen-bond acceptors (Lipinski definition) is 3. The molecule has 4 nitrogen and oxygen atoms in total. The first-order chi connectivity index (χ1) is 11.1. The van der Waals surface area contributed by atoms with Crippen molar-refractivity contribution in [2.24, 2.45) is 0 Å². The van der Waals surface area contributed by atoms with Gasteiger partial charge in [0, 0.05) is 12.6 Å². The van der Waals surface area contributed by atoms with Gasteiger partial charge in [-0.05, 0) is 49.1 Å². The van der Waals surface area contributed by atoms with Gasteiger partial charge in [-0.15, -0.1) is 0 Å².